The zero-order valence-electron chi connectivity index (χ0n) is 10.6. The first-order valence-electron chi connectivity index (χ1n) is 5.54. The highest BCUT2D eigenvalue weighted by Gasteiger charge is 2.21. The normalized spacial score (nSPS) is 10.8. The van der Waals surface area contributed by atoms with E-state index in [9.17, 15) is 4.79 Å². The fraction of sp³-hybridized carbons (Fsp3) is 0.250. The fourth-order valence-corrected chi connectivity index (χ4v) is 2.30. The second kappa shape index (κ2) is 8.34. The van der Waals surface area contributed by atoms with Crippen molar-refractivity contribution in [2.24, 2.45) is 0 Å². The Bertz CT molecular complexity index is 446. The Kier molecular flexibility index (Phi) is 7.11. The molecule has 19 heavy (non-hydrogen) atoms. The highest BCUT2D eigenvalue weighted by molar-refractivity contribution is 7.31. The van der Waals surface area contributed by atoms with Gasteiger partial charge >= 0.3 is 18.6 Å². The molecule has 1 aromatic rings. The standard InChI is InChI=1S/C12H14O4.Al.2ClH/c1-3-16-12(14)8-11(13)9-4-6-10(15-2)7-5-9;;;/h4-8,13H,3H2,1-2H3;;2*1H/q;+3;;/p-3/b11-8-;;;. The van der Waals surface area contributed by atoms with Crippen molar-refractivity contribution in [2.45, 2.75) is 6.92 Å². The highest BCUT2D eigenvalue weighted by atomic mass is 35.7. The number of halogens is 2. The Morgan fingerprint density at radius 3 is 2.42 bits per heavy atom. The van der Waals surface area contributed by atoms with Gasteiger partial charge in [-0.05, 0) is 31.2 Å². The molecular weight excluding hydrogens is 306 g/mol. The molecule has 1 rings (SSSR count). The highest BCUT2D eigenvalue weighted by Crippen LogP contribution is 2.22. The molecule has 0 aliphatic rings. The lowest BCUT2D eigenvalue weighted by Crippen LogP contribution is -2.06. The van der Waals surface area contributed by atoms with Crippen LogP contribution in [0.5, 0.6) is 5.75 Å². The molecule has 0 aliphatic heterocycles. The summed E-state index contributed by atoms with van der Waals surface area (Å²) in [4.78, 5) is 11.5. The maximum Gasteiger partial charge on any atom is 0.815 e. The Balaban J connectivity index is 2.97. The van der Waals surface area contributed by atoms with Gasteiger partial charge < -0.3 is 13.3 Å². The molecule has 102 valence electrons. The molecule has 0 radical (unpaired) electrons. The van der Waals surface area contributed by atoms with E-state index in [1.807, 2.05) is 0 Å². The van der Waals surface area contributed by atoms with Crippen molar-refractivity contribution in [3.63, 3.8) is 0 Å². The summed E-state index contributed by atoms with van der Waals surface area (Å²) in [6, 6.07) is 6.98. The first kappa shape index (κ1) is 16.2. The zero-order valence-corrected chi connectivity index (χ0v) is 13.2. The fourth-order valence-electron chi connectivity index (χ4n) is 1.33. The summed E-state index contributed by atoms with van der Waals surface area (Å²) in [5.74, 6) is 0.490. The second-order valence-corrected chi connectivity index (χ2v) is 7.17. The SMILES string of the molecule is CCOC(=O)/C=C(\[O][Al]([Cl])[Cl])c1ccc(OC)cc1. The molecule has 0 N–H and O–H groups in total. The maximum absolute atomic E-state index is 11.5. The van der Waals surface area contributed by atoms with Crippen LogP contribution in [-0.4, -0.2) is 32.3 Å². The Hall–Kier alpha value is -0.858. The van der Waals surface area contributed by atoms with Crippen LogP contribution in [0, 0.1) is 0 Å². The van der Waals surface area contributed by atoms with Crippen molar-refractivity contribution in [1.82, 2.24) is 0 Å². The minimum atomic E-state index is -2.36. The quantitative estimate of drug-likeness (QED) is 0.350. The summed E-state index contributed by atoms with van der Waals surface area (Å²) >= 11 is -2.36. The Morgan fingerprint density at radius 2 is 1.95 bits per heavy atom. The molecule has 0 saturated carbocycles. The lowest BCUT2D eigenvalue weighted by molar-refractivity contribution is -0.137. The molecular formula is C12H13AlCl2O4. The first-order valence-corrected chi connectivity index (χ1v) is 9.50. The third kappa shape index (κ3) is 5.75. The monoisotopic (exact) mass is 318 g/mol. The molecule has 0 spiro atoms. The van der Waals surface area contributed by atoms with Crippen LogP contribution in [0.3, 0.4) is 0 Å². The molecule has 0 bridgehead atoms. The molecule has 0 aliphatic carbocycles. The van der Waals surface area contributed by atoms with E-state index in [0.717, 1.165) is 0 Å². The van der Waals surface area contributed by atoms with Crippen LogP contribution in [0.1, 0.15) is 12.5 Å². The van der Waals surface area contributed by atoms with Crippen molar-refractivity contribution in [3.05, 3.63) is 35.9 Å². The van der Waals surface area contributed by atoms with E-state index in [0.29, 0.717) is 17.1 Å². The number of carbonyl (C=O) groups is 1. The Morgan fingerprint density at radius 1 is 1.32 bits per heavy atom. The largest absolute Gasteiger partial charge is 0.815 e. The predicted molar refractivity (Wildman–Crippen MR) is 76.1 cm³/mol. The average molecular weight is 319 g/mol. The van der Waals surface area contributed by atoms with Crippen molar-refractivity contribution in [2.75, 3.05) is 13.7 Å². The molecule has 0 atom stereocenters. The number of methoxy groups -OCH3 is 1. The lowest BCUT2D eigenvalue weighted by atomic mass is 10.2. The van der Waals surface area contributed by atoms with Gasteiger partial charge in [0.2, 0.25) is 0 Å². The molecule has 7 heteroatoms. The number of rotatable bonds is 6. The van der Waals surface area contributed by atoms with E-state index in [2.05, 4.69) is 0 Å². The Labute approximate surface area is 125 Å². The van der Waals surface area contributed by atoms with Crippen LogP contribution in [0.15, 0.2) is 30.3 Å². The third-order valence-electron chi connectivity index (χ3n) is 2.13. The number of hydrogen-bond donors (Lipinski definition) is 0. The molecule has 1 aromatic carbocycles. The third-order valence-corrected chi connectivity index (χ3v) is 3.09. The van der Waals surface area contributed by atoms with E-state index in [1.54, 1.807) is 38.3 Å². The number of ether oxygens (including phenoxy) is 2. The van der Waals surface area contributed by atoms with E-state index in [-0.39, 0.29) is 6.61 Å². The van der Waals surface area contributed by atoms with Gasteiger partial charge in [-0.15, -0.1) is 0 Å². The van der Waals surface area contributed by atoms with Gasteiger partial charge in [0.15, 0.2) is 0 Å². The summed E-state index contributed by atoms with van der Waals surface area (Å²) in [6.45, 7) is 2.01. The summed E-state index contributed by atoms with van der Waals surface area (Å²) < 4.78 is 15.2. The molecule has 0 aromatic heterocycles. The predicted octanol–water partition coefficient (Wildman–Crippen LogP) is 3.08. The van der Waals surface area contributed by atoms with Gasteiger partial charge in [-0.1, -0.05) is 0 Å². The van der Waals surface area contributed by atoms with Crippen molar-refractivity contribution < 1.29 is 18.1 Å². The zero-order chi connectivity index (χ0) is 14.3. The molecule has 0 amide bonds. The van der Waals surface area contributed by atoms with Crippen LogP contribution in [0.4, 0.5) is 0 Å². The molecule has 4 nitrogen and oxygen atoms in total. The molecule has 0 heterocycles. The van der Waals surface area contributed by atoms with E-state index in [1.165, 1.54) is 6.08 Å². The minimum Gasteiger partial charge on any atom is -0.620 e. The van der Waals surface area contributed by atoms with Crippen LogP contribution >= 0.6 is 20.1 Å². The molecule has 0 fully saturated rings. The van der Waals surface area contributed by atoms with Crippen LogP contribution in [-0.2, 0) is 13.3 Å². The van der Waals surface area contributed by atoms with Crippen LogP contribution < -0.4 is 4.74 Å². The van der Waals surface area contributed by atoms with E-state index < -0.39 is 18.6 Å². The van der Waals surface area contributed by atoms with Crippen molar-refractivity contribution >= 4 is 44.5 Å². The summed E-state index contributed by atoms with van der Waals surface area (Å²) in [7, 11) is 13.0. The topological polar surface area (TPSA) is 44.8 Å². The van der Waals surface area contributed by atoms with E-state index >= 15 is 0 Å². The smallest absolute Gasteiger partial charge is 0.620 e. The first-order chi connectivity index (χ1) is 9.06. The number of carbonyl (C=O) groups excluding carboxylic acids is 1. The van der Waals surface area contributed by atoms with Crippen molar-refractivity contribution in [1.29, 1.82) is 0 Å². The van der Waals surface area contributed by atoms with Gasteiger partial charge in [0, 0.05) is 5.56 Å². The van der Waals surface area contributed by atoms with Gasteiger partial charge in [-0.3, -0.25) is 0 Å². The summed E-state index contributed by atoms with van der Waals surface area (Å²) in [5.41, 5.74) is 0.674. The molecule has 0 unspecified atom stereocenters. The van der Waals surface area contributed by atoms with Gasteiger partial charge in [0.1, 0.15) is 5.75 Å². The summed E-state index contributed by atoms with van der Waals surface area (Å²) in [6.07, 6.45) is 1.23. The summed E-state index contributed by atoms with van der Waals surface area (Å²) in [5, 5.41) is 0. The van der Waals surface area contributed by atoms with Gasteiger partial charge in [-0.25, -0.2) is 4.79 Å². The number of hydrogen-bond acceptors (Lipinski definition) is 4. The number of benzene rings is 1. The van der Waals surface area contributed by atoms with Crippen molar-refractivity contribution in [3.8, 4) is 5.75 Å². The van der Waals surface area contributed by atoms with E-state index in [4.69, 9.17) is 33.4 Å². The minimum absolute atomic E-state index is 0.286. The van der Waals surface area contributed by atoms with Gasteiger partial charge in [0.25, 0.3) is 0 Å². The maximum atomic E-state index is 11.5. The van der Waals surface area contributed by atoms with Crippen LogP contribution in [0.2, 0.25) is 0 Å². The number of esters is 1. The van der Waals surface area contributed by atoms with Gasteiger partial charge in [-0.2, -0.15) is 20.1 Å². The van der Waals surface area contributed by atoms with Crippen LogP contribution in [0.25, 0.3) is 5.76 Å². The molecule has 0 saturated heterocycles. The van der Waals surface area contributed by atoms with Gasteiger partial charge in [0.05, 0.1) is 25.6 Å². The average Bonchev–Trinajstić information content (AvgIpc) is 2.38. The second-order valence-electron chi connectivity index (χ2n) is 3.37. The lowest BCUT2D eigenvalue weighted by Gasteiger charge is -2.11.